The Balaban J connectivity index is 2.22. The molecule has 6 heteroatoms. The van der Waals surface area contributed by atoms with E-state index in [1.54, 1.807) is 12.1 Å². The van der Waals surface area contributed by atoms with E-state index in [-0.39, 0.29) is 5.54 Å². The van der Waals surface area contributed by atoms with Gasteiger partial charge in [0.05, 0.1) is 35.3 Å². The molecule has 0 fully saturated rings. The van der Waals surface area contributed by atoms with Gasteiger partial charge in [-0.25, -0.2) is 0 Å². The van der Waals surface area contributed by atoms with E-state index in [0.717, 1.165) is 6.54 Å². The molecule has 0 aliphatic heterocycles. The summed E-state index contributed by atoms with van der Waals surface area (Å²) in [5.74, 6) is 0.447. The van der Waals surface area contributed by atoms with E-state index >= 15 is 0 Å². The van der Waals surface area contributed by atoms with E-state index in [2.05, 4.69) is 26.1 Å². The first-order valence-electron chi connectivity index (χ1n) is 6.49. The van der Waals surface area contributed by atoms with Gasteiger partial charge < -0.3 is 14.8 Å². The zero-order valence-corrected chi connectivity index (χ0v) is 14.3. The van der Waals surface area contributed by atoms with Crippen LogP contribution in [0.4, 0.5) is 0 Å². The van der Waals surface area contributed by atoms with Crippen LogP contribution in [0.3, 0.4) is 0 Å². The lowest BCUT2D eigenvalue weighted by molar-refractivity contribution is -0.718. The molecule has 0 spiro atoms. The van der Waals surface area contributed by atoms with Crippen molar-refractivity contribution < 1.29 is 14.8 Å². The van der Waals surface area contributed by atoms with Crippen molar-refractivity contribution in [2.24, 2.45) is 0 Å². The van der Waals surface area contributed by atoms with Gasteiger partial charge in [-0.15, -0.1) is 0 Å². The Labute approximate surface area is 135 Å². The lowest BCUT2D eigenvalue weighted by atomic mass is 10.1. The molecule has 20 heavy (non-hydrogen) atoms. The summed E-state index contributed by atoms with van der Waals surface area (Å²) in [6.07, 6.45) is 0. The molecule has 0 saturated carbocycles. The molecule has 0 atom stereocenters. The van der Waals surface area contributed by atoms with E-state index in [0.29, 0.717) is 40.6 Å². The smallest absolute Gasteiger partial charge is 0.156 e. The molecule has 0 amide bonds. The van der Waals surface area contributed by atoms with Gasteiger partial charge in [0.25, 0.3) is 0 Å². The van der Waals surface area contributed by atoms with Gasteiger partial charge in [0.2, 0.25) is 0 Å². The largest absolute Gasteiger partial charge is 0.488 e. The molecule has 3 nitrogen and oxygen atoms in total. The number of quaternary nitrogens is 1. The summed E-state index contributed by atoms with van der Waals surface area (Å²) in [6, 6.07) is 3.20. The fraction of sp³-hybridized carbons (Fsp3) is 0.571. The fourth-order valence-corrected chi connectivity index (χ4v) is 2.47. The Morgan fingerprint density at radius 1 is 1.00 bits per heavy atom. The molecule has 0 radical (unpaired) electrons. The van der Waals surface area contributed by atoms with Crippen molar-refractivity contribution in [2.45, 2.75) is 26.3 Å². The van der Waals surface area contributed by atoms with Crippen LogP contribution in [0.2, 0.25) is 15.1 Å². The van der Waals surface area contributed by atoms with Crippen LogP contribution in [0.15, 0.2) is 12.1 Å². The van der Waals surface area contributed by atoms with Crippen LogP contribution >= 0.6 is 34.8 Å². The highest BCUT2D eigenvalue weighted by atomic mass is 35.5. The van der Waals surface area contributed by atoms with Crippen LogP contribution in [0.5, 0.6) is 5.75 Å². The van der Waals surface area contributed by atoms with Crippen molar-refractivity contribution in [3.63, 3.8) is 0 Å². The minimum absolute atomic E-state index is 0.226. The van der Waals surface area contributed by atoms with E-state index in [1.165, 1.54) is 0 Å². The molecule has 0 aliphatic rings. The number of hydrogen-bond acceptors (Lipinski definition) is 2. The van der Waals surface area contributed by atoms with Gasteiger partial charge in [0.15, 0.2) is 5.75 Å². The zero-order valence-electron chi connectivity index (χ0n) is 12.0. The average molecular weight is 342 g/mol. The molecule has 114 valence electrons. The van der Waals surface area contributed by atoms with Gasteiger partial charge in [-0.05, 0) is 32.9 Å². The second-order valence-corrected chi connectivity index (χ2v) is 6.77. The van der Waals surface area contributed by atoms with Crippen LogP contribution in [0.25, 0.3) is 0 Å². The summed E-state index contributed by atoms with van der Waals surface area (Å²) in [6.45, 7) is 9.00. The molecule has 0 bridgehead atoms. The first-order valence-corrected chi connectivity index (χ1v) is 7.62. The topological polar surface area (TPSA) is 35.1 Å². The number of nitrogens with two attached hydrogens (primary N) is 1. The Morgan fingerprint density at radius 3 is 2.15 bits per heavy atom. The molecule has 2 N–H and O–H groups in total. The van der Waals surface area contributed by atoms with Gasteiger partial charge in [0.1, 0.15) is 6.61 Å². The predicted octanol–water partition coefficient (Wildman–Crippen LogP) is 3.40. The normalized spacial score (nSPS) is 11.7. The summed E-state index contributed by atoms with van der Waals surface area (Å²) >= 11 is 17.8. The molecule has 0 unspecified atom stereocenters. The highest BCUT2D eigenvalue weighted by Gasteiger charge is 2.12. The maximum Gasteiger partial charge on any atom is 0.156 e. The Morgan fingerprint density at radius 2 is 1.60 bits per heavy atom. The molecule has 0 saturated heterocycles. The Kier molecular flexibility index (Phi) is 7.41. The third-order valence-corrected chi connectivity index (χ3v) is 3.24. The van der Waals surface area contributed by atoms with Crippen molar-refractivity contribution in [3.8, 4) is 5.75 Å². The lowest BCUT2D eigenvalue weighted by Gasteiger charge is -2.16. The average Bonchev–Trinajstić information content (AvgIpc) is 2.29. The fourth-order valence-electron chi connectivity index (χ4n) is 1.55. The van der Waals surface area contributed by atoms with Crippen LogP contribution < -0.4 is 10.1 Å². The molecular formula is C14H21Cl3NO2+. The molecular weight excluding hydrogens is 321 g/mol. The molecule has 1 rings (SSSR count). The number of ether oxygens (including phenoxy) is 2. The van der Waals surface area contributed by atoms with Crippen molar-refractivity contribution in [1.29, 1.82) is 0 Å². The Bertz CT molecular complexity index is 410. The first-order chi connectivity index (χ1) is 9.29. The van der Waals surface area contributed by atoms with Gasteiger partial charge in [0, 0.05) is 5.02 Å². The predicted molar refractivity (Wildman–Crippen MR) is 84.3 cm³/mol. The van der Waals surface area contributed by atoms with Crippen molar-refractivity contribution in [2.75, 3.05) is 26.4 Å². The summed E-state index contributed by atoms with van der Waals surface area (Å²) < 4.78 is 11.0. The highest BCUT2D eigenvalue weighted by Crippen LogP contribution is 2.35. The van der Waals surface area contributed by atoms with Gasteiger partial charge >= 0.3 is 0 Å². The first kappa shape index (κ1) is 17.9. The van der Waals surface area contributed by atoms with E-state index < -0.39 is 0 Å². The number of hydrogen-bond donors (Lipinski definition) is 1. The van der Waals surface area contributed by atoms with Gasteiger partial charge in [-0.3, -0.25) is 0 Å². The van der Waals surface area contributed by atoms with Crippen LogP contribution in [0, 0.1) is 0 Å². The SMILES string of the molecule is CC(C)(C)[NH2+]CCOCCOc1c(Cl)cc(Cl)cc1Cl. The summed E-state index contributed by atoms with van der Waals surface area (Å²) in [5, 5.41) is 3.54. The number of benzene rings is 1. The van der Waals surface area contributed by atoms with Crippen LogP contribution in [-0.4, -0.2) is 31.9 Å². The van der Waals surface area contributed by atoms with Crippen LogP contribution in [-0.2, 0) is 4.74 Å². The van der Waals surface area contributed by atoms with Crippen molar-refractivity contribution in [1.82, 2.24) is 0 Å². The second-order valence-electron chi connectivity index (χ2n) is 5.52. The molecule has 1 aromatic rings. The highest BCUT2D eigenvalue weighted by molar-refractivity contribution is 6.40. The molecule has 0 aromatic heterocycles. The zero-order chi connectivity index (χ0) is 15.2. The molecule has 0 aliphatic carbocycles. The minimum Gasteiger partial charge on any atom is -0.488 e. The van der Waals surface area contributed by atoms with E-state index in [4.69, 9.17) is 44.3 Å². The molecule has 0 heterocycles. The lowest BCUT2D eigenvalue weighted by Crippen LogP contribution is -2.95. The molecule has 1 aromatic carbocycles. The second kappa shape index (κ2) is 8.30. The third kappa shape index (κ3) is 7.00. The summed E-state index contributed by atoms with van der Waals surface area (Å²) in [4.78, 5) is 0. The quantitative estimate of drug-likeness (QED) is 0.771. The van der Waals surface area contributed by atoms with Gasteiger partial charge in [-0.1, -0.05) is 34.8 Å². The summed E-state index contributed by atoms with van der Waals surface area (Å²) in [7, 11) is 0. The third-order valence-electron chi connectivity index (χ3n) is 2.46. The van der Waals surface area contributed by atoms with Crippen molar-refractivity contribution in [3.05, 3.63) is 27.2 Å². The summed E-state index contributed by atoms with van der Waals surface area (Å²) in [5.41, 5.74) is 0.226. The minimum atomic E-state index is 0.226. The van der Waals surface area contributed by atoms with Crippen molar-refractivity contribution >= 4 is 34.8 Å². The van der Waals surface area contributed by atoms with E-state index in [9.17, 15) is 0 Å². The van der Waals surface area contributed by atoms with Gasteiger partial charge in [-0.2, -0.15) is 0 Å². The monoisotopic (exact) mass is 340 g/mol. The standard InChI is InChI=1S/C14H20Cl3NO2/c1-14(2,3)18-4-5-19-6-7-20-13-11(16)8-10(15)9-12(13)17/h8-9,18H,4-7H2,1-3H3/p+1. The van der Waals surface area contributed by atoms with E-state index in [1.807, 2.05) is 0 Å². The van der Waals surface area contributed by atoms with Crippen LogP contribution in [0.1, 0.15) is 20.8 Å². The maximum atomic E-state index is 6.01. The number of halogens is 3. The maximum absolute atomic E-state index is 6.01. The number of rotatable bonds is 7. The Hall–Kier alpha value is -0.190.